The molecule has 0 aliphatic carbocycles. The summed E-state index contributed by atoms with van der Waals surface area (Å²) in [6.07, 6.45) is 2.38. The van der Waals surface area contributed by atoms with Crippen LogP contribution in [0.15, 0.2) is 41.4 Å². The predicted molar refractivity (Wildman–Crippen MR) is 94.1 cm³/mol. The first-order chi connectivity index (χ1) is 10.3. The van der Waals surface area contributed by atoms with Crippen molar-refractivity contribution in [3.8, 4) is 0 Å². The van der Waals surface area contributed by atoms with Gasteiger partial charge >= 0.3 is 0 Å². The van der Waals surface area contributed by atoms with Crippen LogP contribution in [0, 0.1) is 5.41 Å². The van der Waals surface area contributed by atoms with Gasteiger partial charge in [0.05, 0.1) is 10.4 Å². The zero-order chi connectivity index (χ0) is 16.0. The molecule has 1 aliphatic heterocycles. The maximum Gasteiger partial charge on any atom is 0.243 e. The van der Waals surface area contributed by atoms with Gasteiger partial charge in [-0.2, -0.15) is 4.31 Å². The minimum Gasteiger partial charge on any atom is -0.327 e. The number of nitrogens with two attached hydrogens (primary N) is 1. The third kappa shape index (κ3) is 3.35. The van der Waals surface area contributed by atoms with Crippen LogP contribution in [0.1, 0.15) is 20.3 Å². The Labute approximate surface area is 143 Å². The summed E-state index contributed by atoms with van der Waals surface area (Å²) in [7, 11) is -3.50. The number of aromatic nitrogens is 1. The van der Waals surface area contributed by atoms with E-state index in [9.17, 15) is 8.42 Å². The van der Waals surface area contributed by atoms with Crippen LogP contribution in [0.25, 0.3) is 10.9 Å². The highest BCUT2D eigenvalue weighted by Crippen LogP contribution is 2.31. The Bertz CT molecular complexity index is 808. The molecule has 2 heterocycles. The molecule has 7 heteroatoms. The van der Waals surface area contributed by atoms with Crippen molar-refractivity contribution in [3.63, 3.8) is 0 Å². The lowest BCUT2D eigenvalue weighted by atomic mass is 9.81. The summed E-state index contributed by atoms with van der Waals surface area (Å²) in [5.41, 5.74) is 6.68. The van der Waals surface area contributed by atoms with Gasteiger partial charge in [-0.3, -0.25) is 4.98 Å². The first-order valence-electron chi connectivity index (χ1n) is 7.41. The van der Waals surface area contributed by atoms with Crippen LogP contribution in [0.2, 0.25) is 0 Å². The first-order valence-corrected chi connectivity index (χ1v) is 8.85. The van der Waals surface area contributed by atoms with Crippen LogP contribution in [0.4, 0.5) is 0 Å². The van der Waals surface area contributed by atoms with E-state index in [1.807, 2.05) is 26.0 Å². The number of hydrogen-bond acceptors (Lipinski definition) is 4. The van der Waals surface area contributed by atoms with E-state index in [0.29, 0.717) is 24.4 Å². The molecule has 1 saturated heterocycles. The summed E-state index contributed by atoms with van der Waals surface area (Å²) in [4.78, 5) is 4.54. The fraction of sp³-hybridized carbons (Fsp3) is 0.438. The van der Waals surface area contributed by atoms with Crippen molar-refractivity contribution in [2.45, 2.75) is 31.2 Å². The average molecular weight is 356 g/mol. The van der Waals surface area contributed by atoms with E-state index in [-0.39, 0.29) is 23.9 Å². The molecule has 126 valence electrons. The molecule has 1 fully saturated rings. The third-order valence-electron chi connectivity index (χ3n) is 4.49. The molecular weight excluding hydrogens is 334 g/mol. The van der Waals surface area contributed by atoms with Crippen LogP contribution in [-0.2, 0) is 10.0 Å². The number of sulfonamides is 1. The number of rotatable bonds is 2. The third-order valence-corrected chi connectivity index (χ3v) is 6.33. The molecule has 2 N–H and O–H groups in total. The van der Waals surface area contributed by atoms with E-state index < -0.39 is 10.0 Å². The number of halogens is 1. The average Bonchev–Trinajstić information content (AvgIpc) is 2.49. The molecule has 1 aliphatic rings. The Kier molecular flexibility index (Phi) is 5.01. The molecule has 1 unspecified atom stereocenters. The Balaban J connectivity index is 0.00000192. The fourth-order valence-electron chi connectivity index (χ4n) is 2.89. The lowest BCUT2D eigenvalue weighted by molar-refractivity contribution is 0.155. The predicted octanol–water partition coefficient (Wildman–Crippen LogP) is 2.40. The molecule has 1 aromatic heterocycles. The number of benzene rings is 1. The van der Waals surface area contributed by atoms with Gasteiger partial charge in [-0.25, -0.2) is 8.42 Å². The molecular formula is C16H22ClN3O2S. The smallest absolute Gasteiger partial charge is 0.243 e. The Hall–Kier alpha value is -1.21. The van der Waals surface area contributed by atoms with Crippen molar-refractivity contribution < 1.29 is 8.42 Å². The van der Waals surface area contributed by atoms with E-state index >= 15 is 0 Å². The lowest BCUT2D eigenvalue weighted by Gasteiger charge is -2.41. The lowest BCUT2D eigenvalue weighted by Crippen LogP contribution is -2.53. The molecule has 0 bridgehead atoms. The zero-order valence-electron chi connectivity index (χ0n) is 13.3. The van der Waals surface area contributed by atoms with Gasteiger partial charge in [-0.1, -0.05) is 19.9 Å². The maximum absolute atomic E-state index is 12.9. The summed E-state index contributed by atoms with van der Waals surface area (Å²) < 4.78 is 27.3. The van der Waals surface area contributed by atoms with Gasteiger partial charge < -0.3 is 5.73 Å². The summed E-state index contributed by atoms with van der Waals surface area (Å²) in [5, 5.41) is 0.830. The molecule has 0 spiro atoms. The van der Waals surface area contributed by atoms with Crippen LogP contribution in [0.5, 0.6) is 0 Å². The maximum atomic E-state index is 12.9. The van der Waals surface area contributed by atoms with Crippen molar-refractivity contribution >= 4 is 33.3 Å². The van der Waals surface area contributed by atoms with E-state index in [1.165, 1.54) is 0 Å². The van der Waals surface area contributed by atoms with E-state index in [1.54, 1.807) is 28.7 Å². The number of fused-ring (bicyclic) bond motifs is 1. The fourth-order valence-corrected chi connectivity index (χ4v) is 4.56. The van der Waals surface area contributed by atoms with E-state index in [4.69, 9.17) is 5.73 Å². The normalized spacial score (nSPS) is 21.8. The van der Waals surface area contributed by atoms with Crippen LogP contribution in [0.3, 0.4) is 0 Å². The minimum absolute atomic E-state index is 0. The van der Waals surface area contributed by atoms with Gasteiger partial charge in [0.25, 0.3) is 0 Å². The first kappa shape index (κ1) is 18.1. The topological polar surface area (TPSA) is 76.3 Å². The zero-order valence-corrected chi connectivity index (χ0v) is 14.9. The van der Waals surface area contributed by atoms with E-state index in [0.717, 1.165) is 10.9 Å². The van der Waals surface area contributed by atoms with Crippen molar-refractivity contribution in [2.24, 2.45) is 11.1 Å². The highest BCUT2D eigenvalue weighted by atomic mass is 35.5. The number of pyridine rings is 1. The largest absolute Gasteiger partial charge is 0.327 e. The summed E-state index contributed by atoms with van der Waals surface area (Å²) in [5.74, 6) is 0. The monoisotopic (exact) mass is 355 g/mol. The van der Waals surface area contributed by atoms with Crippen LogP contribution in [-0.4, -0.2) is 36.8 Å². The van der Waals surface area contributed by atoms with Gasteiger partial charge in [0.15, 0.2) is 0 Å². The molecule has 0 saturated carbocycles. The molecule has 1 aromatic carbocycles. The van der Waals surface area contributed by atoms with Crippen LogP contribution >= 0.6 is 12.4 Å². The molecule has 0 amide bonds. The van der Waals surface area contributed by atoms with Crippen molar-refractivity contribution in [1.82, 2.24) is 9.29 Å². The van der Waals surface area contributed by atoms with Crippen molar-refractivity contribution in [1.29, 1.82) is 0 Å². The van der Waals surface area contributed by atoms with Crippen molar-refractivity contribution in [3.05, 3.63) is 36.5 Å². The Morgan fingerprint density at radius 3 is 2.74 bits per heavy atom. The highest BCUT2D eigenvalue weighted by Gasteiger charge is 2.38. The molecule has 1 atom stereocenters. The molecule has 0 radical (unpaired) electrons. The number of hydrogen-bond donors (Lipinski definition) is 1. The Morgan fingerprint density at radius 2 is 2.04 bits per heavy atom. The summed E-state index contributed by atoms with van der Waals surface area (Å²) in [6.45, 7) is 4.95. The second kappa shape index (κ2) is 6.36. The molecule has 23 heavy (non-hydrogen) atoms. The highest BCUT2D eigenvalue weighted by molar-refractivity contribution is 7.89. The van der Waals surface area contributed by atoms with Gasteiger partial charge in [-0.15, -0.1) is 12.4 Å². The molecule has 5 nitrogen and oxygen atoms in total. The van der Waals surface area contributed by atoms with Gasteiger partial charge in [-0.05, 0) is 36.1 Å². The quantitative estimate of drug-likeness (QED) is 0.897. The number of piperidine rings is 1. The molecule has 2 aromatic rings. The van der Waals surface area contributed by atoms with Gasteiger partial charge in [0.1, 0.15) is 0 Å². The SMILES string of the molecule is CC1(C)CN(S(=O)(=O)c2ccc3ncccc3c2)CCC1N.Cl. The standard InChI is InChI=1S/C16H21N3O2S.ClH/c1-16(2)11-19(9-7-15(16)17)22(20,21)13-5-6-14-12(10-13)4-3-8-18-14;/h3-6,8,10,15H,7,9,11,17H2,1-2H3;1H. The van der Waals surface area contributed by atoms with Crippen LogP contribution < -0.4 is 5.73 Å². The minimum atomic E-state index is -3.50. The second-order valence-electron chi connectivity index (χ2n) is 6.58. The Morgan fingerprint density at radius 1 is 1.30 bits per heavy atom. The molecule has 3 rings (SSSR count). The van der Waals surface area contributed by atoms with Gasteiger partial charge in [0.2, 0.25) is 10.0 Å². The van der Waals surface area contributed by atoms with Gasteiger partial charge in [0, 0.05) is 30.7 Å². The summed E-state index contributed by atoms with van der Waals surface area (Å²) >= 11 is 0. The number of nitrogens with zero attached hydrogens (tertiary/aromatic N) is 2. The van der Waals surface area contributed by atoms with Crippen molar-refractivity contribution in [2.75, 3.05) is 13.1 Å². The van der Waals surface area contributed by atoms with E-state index in [2.05, 4.69) is 4.98 Å². The summed E-state index contributed by atoms with van der Waals surface area (Å²) in [6, 6.07) is 8.79. The second-order valence-corrected chi connectivity index (χ2v) is 8.52.